The van der Waals surface area contributed by atoms with Crippen molar-refractivity contribution >= 4 is 28.6 Å². The van der Waals surface area contributed by atoms with Crippen LogP contribution >= 0.6 is 0 Å². The quantitative estimate of drug-likeness (QED) is 0.473. The zero-order valence-electron chi connectivity index (χ0n) is 19.3. The smallest absolute Gasteiger partial charge is 0.268 e. The summed E-state index contributed by atoms with van der Waals surface area (Å²) in [5.41, 5.74) is 3.12. The summed E-state index contributed by atoms with van der Waals surface area (Å²) in [5, 5.41) is 21.3. The van der Waals surface area contributed by atoms with Crippen LogP contribution in [0.25, 0.3) is 11.0 Å². The van der Waals surface area contributed by atoms with Crippen molar-refractivity contribution in [3.05, 3.63) is 47.8 Å². The molecule has 1 aliphatic carbocycles. The van der Waals surface area contributed by atoms with Crippen molar-refractivity contribution in [2.24, 2.45) is 0 Å². The molecule has 4 N–H and O–H groups in total. The lowest BCUT2D eigenvalue weighted by Gasteiger charge is -2.42. The van der Waals surface area contributed by atoms with Crippen molar-refractivity contribution in [3.8, 4) is 0 Å². The summed E-state index contributed by atoms with van der Waals surface area (Å²) in [7, 11) is 0. The number of carbonyl (C=O) groups excluding carboxylic acids is 1. The van der Waals surface area contributed by atoms with E-state index in [1.165, 1.54) is 6.42 Å². The monoisotopic (exact) mass is 461 g/mol. The number of amides is 1. The summed E-state index contributed by atoms with van der Waals surface area (Å²) in [6.07, 6.45) is 6.86. The lowest BCUT2D eigenvalue weighted by molar-refractivity contribution is -0.00544. The molecule has 2 aliphatic heterocycles. The van der Waals surface area contributed by atoms with Crippen molar-refractivity contribution in [3.63, 3.8) is 0 Å². The maximum Gasteiger partial charge on any atom is 0.268 e. The molecule has 1 amide bonds. The van der Waals surface area contributed by atoms with Crippen LogP contribution < -0.4 is 16.0 Å². The molecule has 3 aromatic rings. The number of benzene rings is 1. The summed E-state index contributed by atoms with van der Waals surface area (Å²) >= 11 is 0. The molecule has 1 saturated heterocycles. The minimum Gasteiger partial charge on any atom is -0.374 e. The number of anilines is 2. The van der Waals surface area contributed by atoms with E-state index in [0.717, 1.165) is 74.1 Å². The Bertz CT molecular complexity index is 1190. The minimum absolute atomic E-state index is 0.0395. The average molecular weight is 462 g/mol. The number of carbonyl (C=O) groups is 1. The Balaban J connectivity index is 1.27. The van der Waals surface area contributed by atoms with Gasteiger partial charge in [-0.1, -0.05) is 31.4 Å². The zero-order valence-corrected chi connectivity index (χ0v) is 19.3. The number of rotatable bonds is 4. The molecule has 1 unspecified atom stereocenters. The first kappa shape index (κ1) is 21.5. The van der Waals surface area contributed by atoms with Gasteiger partial charge in [-0.2, -0.15) is 4.98 Å². The van der Waals surface area contributed by atoms with Crippen LogP contribution in [-0.2, 0) is 5.54 Å². The zero-order chi connectivity index (χ0) is 23.1. The molecule has 6 rings (SSSR count). The molecule has 2 fully saturated rings. The normalized spacial score (nSPS) is 21.3. The molecule has 1 saturated carbocycles. The van der Waals surface area contributed by atoms with Crippen LogP contribution in [0.1, 0.15) is 54.4 Å². The van der Waals surface area contributed by atoms with Gasteiger partial charge in [0.25, 0.3) is 5.91 Å². The first-order chi connectivity index (χ1) is 16.6. The van der Waals surface area contributed by atoms with Gasteiger partial charge < -0.3 is 25.6 Å². The Labute approximate surface area is 198 Å². The number of nitrogens with one attached hydrogen (secondary N) is 3. The van der Waals surface area contributed by atoms with Crippen molar-refractivity contribution in [2.75, 3.05) is 38.0 Å². The van der Waals surface area contributed by atoms with Crippen LogP contribution in [-0.4, -0.2) is 63.2 Å². The molecule has 178 valence electrons. The highest BCUT2D eigenvalue weighted by Gasteiger charge is 2.41. The van der Waals surface area contributed by atoms with Gasteiger partial charge in [-0.25, -0.2) is 4.98 Å². The maximum atomic E-state index is 12.6. The lowest BCUT2D eigenvalue weighted by Crippen LogP contribution is -2.52. The van der Waals surface area contributed by atoms with E-state index in [1.807, 2.05) is 30.3 Å². The third-order valence-electron chi connectivity index (χ3n) is 7.57. The van der Waals surface area contributed by atoms with Gasteiger partial charge in [-0.15, -0.1) is 0 Å². The van der Waals surface area contributed by atoms with Gasteiger partial charge in [-0.3, -0.25) is 9.69 Å². The second-order valence-corrected chi connectivity index (χ2v) is 9.71. The van der Waals surface area contributed by atoms with Crippen molar-refractivity contribution in [1.82, 2.24) is 30.1 Å². The molecule has 3 aliphatic rings. The number of hydrogen-bond acceptors (Lipinski definition) is 7. The second-order valence-electron chi connectivity index (χ2n) is 9.71. The van der Waals surface area contributed by atoms with Gasteiger partial charge in [0.05, 0.1) is 5.54 Å². The Morgan fingerprint density at radius 1 is 1.09 bits per heavy atom. The number of aromatic nitrogens is 3. The van der Waals surface area contributed by atoms with E-state index in [9.17, 15) is 9.90 Å². The molecule has 1 aromatic carbocycles. The lowest BCUT2D eigenvalue weighted by atomic mass is 9.80. The molecule has 34 heavy (non-hydrogen) atoms. The fraction of sp³-hybridized carbons (Fsp3) is 0.480. The van der Waals surface area contributed by atoms with E-state index in [4.69, 9.17) is 4.98 Å². The fourth-order valence-electron chi connectivity index (χ4n) is 5.73. The van der Waals surface area contributed by atoms with Crippen LogP contribution in [0.15, 0.2) is 36.5 Å². The van der Waals surface area contributed by atoms with Gasteiger partial charge in [0.15, 0.2) is 0 Å². The summed E-state index contributed by atoms with van der Waals surface area (Å²) in [6.45, 7) is 4.10. The molecule has 1 spiro atoms. The van der Waals surface area contributed by atoms with Gasteiger partial charge in [0.1, 0.15) is 17.6 Å². The summed E-state index contributed by atoms with van der Waals surface area (Å²) in [6, 6.07) is 9.67. The largest absolute Gasteiger partial charge is 0.374 e. The van der Waals surface area contributed by atoms with Crippen LogP contribution in [0.5, 0.6) is 0 Å². The Kier molecular flexibility index (Phi) is 5.47. The van der Waals surface area contributed by atoms with E-state index in [2.05, 4.69) is 30.4 Å². The van der Waals surface area contributed by atoms with E-state index in [1.54, 1.807) is 6.20 Å². The third kappa shape index (κ3) is 3.73. The molecule has 9 nitrogen and oxygen atoms in total. The van der Waals surface area contributed by atoms with Gasteiger partial charge >= 0.3 is 0 Å². The summed E-state index contributed by atoms with van der Waals surface area (Å²) in [4.78, 5) is 24.1. The second kappa shape index (κ2) is 8.65. The molecular weight excluding hydrogens is 430 g/mol. The molecule has 4 heterocycles. The third-order valence-corrected chi connectivity index (χ3v) is 7.57. The van der Waals surface area contributed by atoms with Crippen molar-refractivity contribution in [2.45, 2.75) is 43.9 Å². The van der Waals surface area contributed by atoms with E-state index < -0.39 is 6.23 Å². The molecule has 9 heteroatoms. The molecular formula is C25H31N7O2. The van der Waals surface area contributed by atoms with Crippen molar-refractivity contribution < 1.29 is 9.90 Å². The van der Waals surface area contributed by atoms with Gasteiger partial charge in [-0.05, 0) is 36.6 Å². The van der Waals surface area contributed by atoms with Crippen LogP contribution in [0, 0.1) is 0 Å². The van der Waals surface area contributed by atoms with E-state index in [0.29, 0.717) is 18.2 Å². The van der Waals surface area contributed by atoms with E-state index in [-0.39, 0.29) is 11.4 Å². The first-order valence-electron chi connectivity index (χ1n) is 12.3. The highest BCUT2D eigenvalue weighted by atomic mass is 16.3. The molecule has 0 bridgehead atoms. The maximum absolute atomic E-state index is 12.6. The Hall–Kier alpha value is -3.01. The summed E-state index contributed by atoms with van der Waals surface area (Å²) < 4.78 is 2.18. The molecule has 1 atom stereocenters. The minimum atomic E-state index is -0.603. The molecule has 0 radical (unpaired) electrons. The Morgan fingerprint density at radius 2 is 1.85 bits per heavy atom. The van der Waals surface area contributed by atoms with Gasteiger partial charge in [0, 0.05) is 50.0 Å². The van der Waals surface area contributed by atoms with Gasteiger partial charge in [0.2, 0.25) is 5.95 Å². The highest BCUT2D eigenvalue weighted by molar-refractivity contribution is 5.99. The number of piperazine rings is 1. The predicted molar refractivity (Wildman–Crippen MR) is 130 cm³/mol. The number of aliphatic hydroxyl groups excluding tert-OH is 1. The predicted octanol–water partition coefficient (Wildman–Crippen LogP) is 2.47. The van der Waals surface area contributed by atoms with Crippen LogP contribution in [0.3, 0.4) is 0 Å². The number of aliphatic hydroxyl groups is 1. The average Bonchev–Trinajstić information content (AvgIpc) is 3.28. The van der Waals surface area contributed by atoms with Crippen LogP contribution in [0.4, 0.5) is 11.6 Å². The Morgan fingerprint density at radius 3 is 2.62 bits per heavy atom. The fourth-order valence-corrected chi connectivity index (χ4v) is 5.73. The number of fused-ring (bicyclic) bond motifs is 4. The SMILES string of the molecule is O=C1NCC2(CCCCC2)n2c1cc1cnc(Nc3ccc(C(O)N4CCNCC4)cc3)nc12. The summed E-state index contributed by atoms with van der Waals surface area (Å²) in [5.74, 6) is 0.461. The van der Waals surface area contributed by atoms with E-state index >= 15 is 0 Å². The molecule has 2 aromatic heterocycles. The van der Waals surface area contributed by atoms with Crippen molar-refractivity contribution in [1.29, 1.82) is 0 Å². The number of nitrogens with zero attached hydrogens (tertiary/aromatic N) is 4. The van der Waals surface area contributed by atoms with Crippen LogP contribution in [0.2, 0.25) is 0 Å². The standard InChI is InChI=1S/C25H31N7O2/c33-22-20-14-18-15-27-24(30-21(18)32(20)25(16-28-22)8-2-1-3-9-25)29-19-6-4-17(5-7-19)23(34)31-12-10-26-11-13-31/h4-7,14-15,23,26,34H,1-3,8-13,16H2,(H,28,33)(H,27,29,30). The topological polar surface area (TPSA) is 107 Å². The highest BCUT2D eigenvalue weighted by Crippen LogP contribution is 2.40. The number of hydrogen-bond donors (Lipinski definition) is 4. The first-order valence-corrected chi connectivity index (χ1v) is 12.3.